The minimum atomic E-state index is -0.726. The summed E-state index contributed by atoms with van der Waals surface area (Å²) in [5.74, 6) is -1.45. The summed E-state index contributed by atoms with van der Waals surface area (Å²) in [4.78, 5) is 33.7. The molecule has 0 atom stereocenters. The van der Waals surface area contributed by atoms with Crippen LogP contribution >= 0.6 is 0 Å². The molecule has 0 bridgehead atoms. The summed E-state index contributed by atoms with van der Waals surface area (Å²) >= 11 is 0. The Morgan fingerprint density at radius 2 is 0.714 bits per heavy atom. The van der Waals surface area contributed by atoms with Gasteiger partial charge in [0.2, 0.25) is 0 Å². The molecule has 4 aromatic carbocycles. The number of hydrogen-bond acceptors (Lipinski definition) is 5. The highest BCUT2D eigenvalue weighted by atomic mass is 16.6. The Hall–Kier alpha value is -4.64. The van der Waals surface area contributed by atoms with E-state index in [1.54, 1.807) is 0 Å². The topological polar surface area (TPSA) is 68.1 Å². The van der Waals surface area contributed by atoms with E-state index in [1.807, 2.05) is 121 Å². The van der Waals surface area contributed by atoms with E-state index in [9.17, 15) is 9.59 Å². The zero-order valence-electron chi connectivity index (χ0n) is 19.1. The lowest BCUT2D eigenvalue weighted by atomic mass is 10.0. The molecule has 0 unspecified atom stereocenters. The van der Waals surface area contributed by atoms with Crippen LogP contribution in [0.4, 0.5) is 0 Å². The second-order valence-corrected chi connectivity index (χ2v) is 7.64. The fraction of sp³-hybridized carbons (Fsp3) is 0.0667. The van der Waals surface area contributed by atoms with Gasteiger partial charge in [0.1, 0.15) is 13.1 Å². The first kappa shape index (κ1) is 23.5. The van der Waals surface area contributed by atoms with Gasteiger partial charge >= 0.3 is 11.9 Å². The first-order valence-electron chi connectivity index (χ1n) is 11.2. The second kappa shape index (κ2) is 12.0. The predicted molar refractivity (Wildman–Crippen MR) is 138 cm³/mol. The molecule has 0 heterocycles. The van der Waals surface area contributed by atoms with E-state index in [4.69, 9.17) is 4.74 Å². The Morgan fingerprint density at radius 1 is 0.457 bits per heavy atom. The average Bonchev–Trinajstić information content (AvgIpc) is 2.91. The van der Waals surface area contributed by atoms with Crippen LogP contribution in [0.3, 0.4) is 0 Å². The summed E-state index contributed by atoms with van der Waals surface area (Å²) < 4.78 is 5.00. The zero-order valence-corrected chi connectivity index (χ0v) is 19.1. The summed E-state index contributed by atoms with van der Waals surface area (Å²) in [5, 5.41) is 0. The van der Waals surface area contributed by atoms with Gasteiger partial charge in [-0.15, -0.1) is 0 Å². The standard InChI is InChI=1S/C30H24N2O3/c33-27(21-31-29(23-13-5-1-6-14-23)24-15-7-2-8-16-24)35-28(34)22-32-30(25-17-9-3-10-18-25)26-19-11-4-12-20-26/h1-20H,21-22H2. The Balaban J connectivity index is 1.46. The zero-order chi connectivity index (χ0) is 24.3. The van der Waals surface area contributed by atoms with Gasteiger partial charge in [-0.3, -0.25) is 9.98 Å². The third-order valence-electron chi connectivity index (χ3n) is 5.15. The molecule has 5 heteroatoms. The Kier molecular flexibility index (Phi) is 8.06. The summed E-state index contributed by atoms with van der Waals surface area (Å²) in [6, 6.07) is 38.3. The molecule has 35 heavy (non-hydrogen) atoms. The van der Waals surface area contributed by atoms with Crippen molar-refractivity contribution in [2.24, 2.45) is 9.98 Å². The molecule has 0 N–H and O–H groups in total. The first-order valence-corrected chi connectivity index (χ1v) is 11.2. The molecule has 172 valence electrons. The molecule has 0 aliphatic rings. The van der Waals surface area contributed by atoms with Crippen LogP contribution in [-0.4, -0.2) is 36.5 Å². The third kappa shape index (κ3) is 6.68. The van der Waals surface area contributed by atoms with E-state index in [0.717, 1.165) is 22.3 Å². The minimum absolute atomic E-state index is 0.279. The summed E-state index contributed by atoms with van der Waals surface area (Å²) in [7, 11) is 0. The number of carbonyl (C=O) groups is 2. The van der Waals surface area contributed by atoms with Gasteiger partial charge in [-0.2, -0.15) is 0 Å². The van der Waals surface area contributed by atoms with Crippen molar-refractivity contribution in [3.63, 3.8) is 0 Å². The van der Waals surface area contributed by atoms with Crippen molar-refractivity contribution < 1.29 is 14.3 Å². The van der Waals surface area contributed by atoms with Gasteiger partial charge in [0, 0.05) is 22.3 Å². The third-order valence-corrected chi connectivity index (χ3v) is 5.15. The van der Waals surface area contributed by atoms with Crippen molar-refractivity contribution in [3.8, 4) is 0 Å². The average molecular weight is 461 g/mol. The quantitative estimate of drug-likeness (QED) is 0.208. The molecule has 0 spiro atoms. The molecule has 0 saturated heterocycles. The molecule has 4 rings (SSSR count). The molecular weight excluding hydrogens is 436 g/mol. The van der Waals surface area contributed by atoms with Gasteiger partial charge in [0.15, 0.2) is 0 Å². The number of nitrogens with zero attached hydrogens (tertiary/aromatic N) is 2. The SMILES string of the molecule is O=C(CN=C(c1ccccc1)c1ccccc1)OC(=O)CN=C(c1ccccc1)c1ccccc1. The molecule has 5 nitrogen and oxygen atoms in total. The Morgan fingerprint density at radius 3 is 0.971 bits per heavy atom. The van der Waals surface area contributed by atoms with Crippen LogP contribution in [-0.2, 0) is 14.3 Å². The number of rotatable bonds is 8. The minimum Gasteiger partial charge on any atom is -0.390 e. The second-order valence-electron chi connectivity index (χ2n) is 7.64. The fourth-order valence-electron chi connectivity index (χ4n) is 3.56. The molecule has 0 fully saturated rings. The molecule has 0 aromatic heterocycles. The van der Waals surface area contributed by atoms with Crippen LogP contribution in [0.2, 0.25) is 0 Å². The van der Waals surface area contributed by atoms with E-state index in [0.29, 0.717) is 11.4 Å². The highest BCUT2D eigenvalue weighted by Gasteiger charge is 2.13. The van der Waals surface area contributed by atoms with Gasteiger partial charge in [0.25, 0.3) is 0 Å². The van der Waals surface area contributed by atoms with Crippen LogP contribution in [0.25, 0.3) is 0 Å². The lowest BCUT2D eigenvalue weighted by Crippen LogP contribution is -2.19. The van der Waals surface area contributed by atoms with Crippen LogP contribution < -0.4 is 0 Å². The van der Waals surface area contributed by atoms with E-state index in [2.05, 4.69) is 9.98 Å². The monoisotopic (exact) mass is 460 g/mol. The highest BCUT2D eigenvalue weighted by molar-refractivity contribution is 6.14. The molecule has 0 saturated carbocycles. The largest absolute Gasteiger partial charge is 0.390 e. The maximum Gasteiger partial charge on any atom is 0.335 e. The molecular formula is C30H24N2O3. The molecule has 0 amide bonds. The van der Waals surface area contributed by atoms with Gasteiger partial charge < -0.3 is 4.74 Å². The maximum atomic E-state index is 12.4. The molecule has 4 aromatic rings. The van der Waals surface area contributed by atoms with Crippen molar-refractivity contribution in [3.05, 3.63) is 144 Å². The van der Waals surface area contributed by atoms with Gasteiger partial charge in [0.05, 0.1) is 11.4 Å². The lowest BCUT2D eigenvalue weighted by molar-refractivity contribution is -0.157. The number of esters is 2. The summed E-state index contributed by atoms with van der Waals surface area (Å²) in [6.45, 7) is -0.558. The lowest BCUT2D eigenvalue weighted by Gasteiger charge is -2.08. The fourth-order valence-corrected chi connectivity index (χ4v) is 3.56. The predicted octanol–water partition coefficient (Wildman–Crippen LogP) is 5.13. The maximum absolute atomic E-state index is 12.4. The van der Waals surface area contributed by atoms with Crippen molar-refractivity contribution in [1.29, 1.82) is 0 Å². The normalized spacial score (nSPS) is 10.2. The van der Waals surface area contributed by atoms with E-state index < -0.39 is 11.9 Å². The van der Waals surface area contributed by atoms with Crippen molar-refractivity contribution in [1.82, 2.24) is 0 Å². The smallest absolute Gasteiger partial charge is 0.335 e. The molecule has 0 aliphatic carbocycles. The first-order chi connectivity index (χ1) is 17.2. The van der Waals surface area contributed by atoms with Crippen LogP contribution in [0, 0.1) is 0 Å². The number of benzene rings is 4. The highest BCUT2D eigenvalue weighted by Crippen LogP contribution is 2.12. The van der Waals surface area contributed by atoms with Crippen molar-refractivity contribution in [2.75, 3.05) is 13.1 Å². The number of ether oxygens (including phenoxy) is 1. The van der Waals surface area contributed by atoms with E-state index in [1.165, 1.54) is 0 Å². The molecule has 0 aliphatic heterocycles. The Labute approximate surface area is 204 Å². The number of carbonyl (C=O) groups excluding carboxylic acids is 2. The van der Waals surface area contributed by atoms with E-state index in [-0.39, 0.29) is 13.1 Å². The van der Waals surface area contributed by atoms with Crippen molar-refractivity contribution in [2.45, 2.75) is 0 Å². The van der Waals surface area contributed by atoms with Crippen LogP contribution in [0.1, 0.15) is 22.3 Å². The summed E-state index contributed by atoms with van der Waals surface area (Å²) in [6.07, 6.45) is 0. The molecule has 0 radical (unpaired) electrons. The van der Waals surface area contributed by atoms with Crippen LogP contribution in [0.15, 0.2) is 131 Å². The van der Waals surface area contributed by atoms with Gasteiger partial charge in [-0.25, -0.2) is 9.59 Å². The van der Waals surface area contributed by atoms with Gasteiger partial charge in [-0.1, -0.05) is 121 Å². The number of aliphatic imine (C=N–C) groups is 2. The van der Waals surface area contributed by atoms with E-state index >= 15 is 0 Å². The van der Waals surface area contributed by atoms with Crippen LogP contribution in [0.5, 0.6) is 0 Å². The van der Waals surface area contributed by atoms with Crippen molar-refractivity contribution >= 4 is 23.4 Å². The summed E-state index contributed by atoms with van der Waals surface area (Å²) in [5.41, 5.74) is 4.80. The number of hydrogen-bond donors (Lipinski definition) is 0. The van der Waals surface area contributed by atoms with Gasteiger partial charge in [-0.05, 0) is 0 Å². The Bertz CT molecular complexity index is 1130.